The molecule has 2 N–H and O–H groups in total. The van der Waals surface area contributed by atoms with Gasteiger partial charge in [-0.25, -0.2) is 4.98 Å². The van der Waals surface area contributed by atoms with Crippen molar-refractivity contribution >= 4 is 5.82 Å². The van der Waals surface area contributed by atoms with Gasteiger partial charge in [0.2, 0.25) is 0 Å². The van der Waals surface area contributed by atoms with Crippen LogP contribution in [0.1, 0.15) is 12.5 Å². The van der Waals surface area contributed by atoms with Crippen molar-refractivity contribution < 1.29 is 5.11 Å². The molecule has 0 amide bonds. The molecule has 0 aliphatic rings. The van der Waals surface area contributed by atoms with Crippen molar-refractivity contribution in [2.45, 2.75) is 25.5 Å². The fourth-order valence-electron chi connectivity index (χ4n) is 1.74. The highest BCUT2D eigenvalue weighted by Gasteiger charge is 2.14. The number of hydrogen-bond acceptors (Lipinski definition) is 4. The molecule has 2 rings (SSSR count). The Hall–Kier alpha value is -1.94. The summed E-state index contributed by atoms with van der Waals surface area (Å²) in [6, 6.07) is 9.86. The Morgan fingerprint density at radius 1 is 1.22 bits per heavy atom. The molecule has 0 saturated heterocycles. The van der Waals surface area contributed by atoms with E-state index in [1.807, 2.05) is 37.3 Å². The summed E-state index contributed by atoms with van der Waals surface area (Å²) >= 11 is 0. The summed E-state index contributed by atoms with van der Waals surface area (Å²) in [4.78, 5) is 8.10. The van der Waals surface area contributed by atoms with Crippen LogP contribution in [0.2, 0.25) is 0 Å². The maximum absolute atomic E-state index is 10.1. The van der Waals surface area contributed by atoms with Gasteiger partial charge in [0.1, 0.15) is 5.82 Å². The third-order valence-electron chi connectivity index (χ3n) is 2.80. The summed E-state index contributed by atoms with van der Waals surface area (Å²) in [5.41, 5.74) is 1.12. The highest BCUT2D eigenvalue weighted by atomic mass is 16.3. The molecule has 0 aliphatic carbocycles. The Labute approximate surface area is 107 Å². The zero-order chi connectivity index (χ0) is 12.8. The number of nitrogens with one attached hydrogen (secondary N) is 1. The van der Waals surface area contributed by atoms with Crippen LogP contribution in [0.5, 0.6) is 0 Å². The molecular weight excluding hydrogens is 226 g/mol. The van der Waals surface area contributed by atoms with Gasteiger partial charge in [-0.15, -0.1) is 0 Å². The zero-order valence-electron chi connectivity index (χ0n) is 10.3. The van der Waals surface area contributed by atoms with Gasteiger partial charge in [0.15, 0.2) is 0 Å². The quantitative estimate of drug-likeness (QED) is 0.842. The Bertz CT molecular complexity index is 415. The zero-order valence-corrected chi connectivity index (χ0v) is 10.3. The standard InChI is InChI=1S/C14H17N3O/c1-11(17-14-10-15-7-8-16-14)13(18)9-12-5-3-2-4-6-12/h2-8,10-11,13,18H,9H2,1H3,(H,16,17)/t11-,13+/m0/s1. The Morgan fingerprint density at radius 3 is 2.67 bits per heavy atom. The van der Waals surface area contributed by atoms with Crippen LogP contribution in [0.3, 0.4) is 0 Å². The maximum Gasteiger partial charge on any atom is 0.144 e. The van der Waals surface area contributed by atoms with Crippen molar-refractivity contribution in [1.82, 2.24) is 9.97 Å². The highest BCUT2D eigenvalue weighted by Crippen LogP contribution is 2.09. The Balaban J connectivity index is 1.91. The molecular formula is C14H17N3O. The summed E-state index contributed by atoms with van der Waals surface area (Å²) in [7, 11) is 0. The summed E-state index contributed by atoms with van der Waals surface area (Å²) in [6.45, 7) is 1.93. The molecule has 0 fully saturated rings. The number of rotatable bonds is 5. The van der Waals surface area contributed by atoms with Crippen LogP contribution >= 0.6 is 0 Å². The SMILES string of the molecule is C[C@H](Nc1cnccn1)[C@H](O)Cc1ccccc1. The monoisotopic (exact) mass is 243 g/mol. The van der Waals surface area contributed by atoms with Crippen molar-refractivity contribution in [3.05, 3.63) is 54.5 Å². The van der Waals surface area contributed by atoms with Gasteiger partial charge in [0.05, 0.1) is 18.3 Å². The summed E-state index contributed by atoms with van der Waals surface area (Å²) in [6.07, 6.45) is 5.05. The van der Waals surface area contributed by atoms with E-state index in [0.29, 0.717) is 12.2 Å². The van der Waals surface area contributed by atoms with Gasteiger partial charge < -0.3 is 10.4 Å². The normalized spacial score (nSPS) is 13.9. The molecule has 0 spiro atoms. The van der Waals surface area contributed by atoms with Crippen LogP contribution in [-0.2, 0) is 6.42 Å². The molecule has 1 aromatic carbocycles. The molecule has 0 bridgehead atoms. The van der Waals surface area contributed by atoms with Gasteiger partial charge in [-0.05, 0) is 12.5 Å². The number of aliphatic hydroxyl groups is 1. The summed E-state index contributed by atoms with van der Waals surface area (Å²) in [5.74, 6) is 0.678. The van der Waals surface area contributed by atoms with Gasteiger partial charge in [-0.3, -0.25) is 4.98 Å². The largest absolute Gasteiger partial charge is 0.391 e. The number of aliphatic hydroxyl groups excluding tert-OH is 1. The van der Waals surface area contributed by atoms with Crippen LogP contribution in [0.15, 0.2) is 48.9 Å². The van der Waals surface area contributed by atoms with Gasteiger partial charge in [-0.2, -0.15) is 0 Å². The lowest BCUT2D eigenvalue weighted by molar-refractivity contribution is 0.158. The van der Waals surface area contributed by atoms with Crippen LogP contribution in [-0.4, -0.2) is 27.2 Å². The van der Waals surface area contributed by atoms with E-state index in [1.165, 1.54) is 0 Å². The topological polar surface area (TPSA) is 58.0 Å². The first kappa shape index (κ1) is 12.5. The predicted molar refractivity (Wildman–Crippen MR) is 71.3 cm³/mol. The van der Waals surface area contributed by atoms with E-state index in [2.05, 4.69) is 15.3 Å². The van der Waals surface area contributed by atoms with Gasteiger partial charge in [0, 0.05) is 18.8 Å². The average molecular weight is 243 g/mol. The second-order valence-corrected chi connectivity index (χ2v) is 4.28. The van der Waals surface area contributed by atoms with E-state index in [9.17, 15) is 5.11 Å². The average Bonchev–Trinajstić information content (AvgIpc) is 2.41. The number of nitrogens with zero attached hydrogens (tertiary/aromatic N) is 2. The second kappa shape index (κ2) is 6.12. The van der Waals surface area contributed by atoms with Crippen molar-refractivity contribution in [3.8, 4) is 0 Å². The maximum atomic E-state index is 10.1. The molecule has 1 aromatic heterocycles. The first-order valence-corrected chi connectivity index (χ1v) is 6.00. The van der Waals surface area contributed by atoms with E-state index in [1.54, 1.807) is 18.6 Å². The van der Waals surface area contributed by atoms with E-state index >= 15 is 0 Å². The molecule has 0 radical (unpaired) electrons. The third kappa shape index (κ3) is 3.53. The van der Waals surface area contributed by atoms with Crippen molar-refractivity contribution in [3.63, 3.8) is 0 Å². The molecule has 4 heteroatoms. The minimum Gasteiger partial charge on any atom is -0.391 e. The molecule has 2 aromatic rings. The lowest BCUT2D eigenvalue weighted by atomic mass is 10.0. The van der Waals surface area contributed by atoms with Crippen LogP contribution in [0.4, 0.5) is 5.82 Å². The molecule has 0 saturated carbocycles. The number of aromatic nitrogens is 2. The van der Waals surface area contributed by atoms with Crippen LogP contribution < -0.4 is 5.32 Å². The predicted octanol–water partition coefficient (Wildman–Crippen LogP) is 1.88. The molecule has 0 unspecified atom stereocenters. The highest BCUT2D eigenvalue weighted by molar-refractivity contribution is 5.31. The molecule has 4 nitrogen and oxygen atoms in total. The number of hydrogen-bond donors (Lipinski definition) is 2. The van der Waals surface area contributed by atoms with E-state index in [4.69, 9.17) is 0 Å². The van der Waals surface area contributed by atoms with Crippen molar-refractivity contribution in [2.75, 3.05) is 5.32 Å². The van der Waals surface area contributed by atoms with E-state index < -0.39 is 6.10 Å². The van der Waals surface area contributed by atoms with Gasteiger partial charge in [0.25, 0.3) is 0 Å². The first-order chi connectivity index (χ1) is 8.75. The number of benzene rings is 1. The first-order valence-electron chi connectivity index (χ1n) is 6.00. The van der Waals surface area contributed by atoms with Crippen LogP contribution in [0.25, 0.3) is 0 Å². The summed E-state index contributed by atoms with van der Waals surface area (Å²) in [5, 5.41) is 13.3. The second-order valence-electron chi connectivity index (χ2n) is 4.28. The van der Waals surface area contributed by atoms with Gasteiger partial charge >= 0.3 is 0 Å². The summed E-state index contributed by atoms with van der Waals surface area (Å²) < 4.78 is 0. The molecule has 2 atom stereocenters. The van der Waals surface area contributed by atoms with Crippen molar-refractivity contribution in [2.24, 2.45) is 0 Å². The molecule has 18 heavy (non-hydrogen) atoms. The van der Waals surface area contributed by atoms with E-state index in [-0.39, 0.29) is 6.04 Å². The number of anilines is 1. The van der Waals surface area contributed by atoms with Gasteiger partial charge in [-0.1, -0.05) is 30.3 Å². The fraction of sp³-hybridized carbons (Fsp3) is 0.286. The lowest BCUT2D eigenvalue weighted by Gasteiger charge is -2.20. The van der Waals surface area contributed by atoms with Crippen molar-refractivity contribution in [1.29, 1.82) is 0 Å². The Kier molecular flexibility index (Phi) is 4.25. The molecule has 0 aliphatic heterocycles. The third-order valence-corrected chi connectivity index (χ3v) is 2.80. The minimum atomic E-state index is -0.464. The minimum absolute atomic E-state index is 0.0816. The molecule has 94 valence electrons. The van der Waals surface area contributed by atoms with Crippen LogP contribution in [0, 0.1) is 0 Å². The smallest absolute Gasteiger partial charge is 0.144 e. The lowest BCUT2D eigenvalue weighted by Crippen LogP contribution is -2.32. The molecule has 1 heterocycles. The fourth-order valence-corrected chi connectivity index (χ4v) is 1.74. The Morgan fingerprint density at radius 2 is 2.00 bits per heavy atom. The van der Waals surface area contributed by atoms with E-state index in [0.717, 1.165) is 5.56 Å².